The lowest BCUT2D eigenvalue weighted by Gasteiger charge is -2.21. The molecular formula is C19H14N2O4. The van der Waals surface area contributed by atoms with E-state index in [0.29, 0.717) is 11.4 Å². The first-order valence-electron chi connectivity index (χ1n) is 7.81. The van der Waals surface area contributed by atoms with E-state index in [2.05, 4.69) is 5.16 Å². The number of nitrogens with zero attached hydrogens (tertiary/aromatic N) is 2. The van der Waals surface area contributed by atoms with Crippen LogP contribution in [0.3, 0.4) is 0 Å². The fraction of sp³-hybridized carbons (Fsp3) is 0.105. The molecule has 1 aliphatic rings. The van der Waals surface area contributed by atoms with Crippen molar-refractivity contribution in [3.05, 3.63) is 71.9 Å². The average molecular weight is 334 g/mol. The van der Waals surface area contributed by atoms with E-state index in [4.69, 9.17) is 4.52 Å². The summed E-state index contributed by atoms with van der Waals surface area (Å²) in [5, 5.41) is 13.3. The molecule has 1 aliphatic heterocycles. The normalized spacial score (nSPS) is 15.8. The summed E-state index contributed by atoms with van der Waals surface area (Å²) in [6.45, 7) is 0. The number of aromatic nitrogens is 1. The van der Waals surface area contributed by atoms with E-state index >= 15 is 0 Å². The number of carbonyl (C=O) groups excluding carboxylic acids is 1. The van der Waals surface area contributed by atoms with E-state index in [1.165, 1.54) is 11.0 Å². The van der Waals surface area contributed by atoms with Crippen LogP contribution in [0, 0.1) is 0 Å². The van der Waals surface area contributed by atoms with Gasteiger partial charge in [-0.15, -0.1) is 0 Å². The van der Waals surface area contributed by atoms with Crippen LogP contribution in [-0.4, -0.2) is 28.2 Å². The molecule has 0 saturated carbocycles. The Morgan fingerprint density at radius 1 is 1.08 bits per heavy atom. The number of rotatable bonds is 3. The van der Waals surface area contributed by atoms with Gasteiger partial charge in [-0.05, 0) is 11.6 Å². The molecule has 4 rings (SSSR count). The molecule has 1 amide bonds. The summed E-state index contributed by atoms with van der Waals surface area (Å²) in [4.78, 5) is 25.8. The summed E-state index contributed by atoms with van der Waals surface area (Å²) in [5.41, 5.74) is 2.31. The maximum absolute atomic E-state index is 12.9. The molecule has 1 N–H and O–H groups in total. The topological polar surface area (TPSA) is 83.6 Å². The zero-order chi connectivity index (χ0) is 17.4. The van der Waals surface area contributed by atoms with E-state index in [9.17, 15) is 14.7 Å². The van der Waals surface area contributed by atoms with Gasteiger partial charge in [0.1, 0.15) is 6.04 Å². The van der Waals surface area contributed by atoms with Gasteiger partial charge in [0.05, 0.1) is 0 Å². The second-order valence-electron chi connectivity index (χ2n) is 5.80. The minimum Gasteiger partial charge on any atom is -0.480 e. The molecule has 1 unspecified atom stereocenters. The average Bonchev–Trinajstić information content (AvgIpc) is 3.27. The van der Waals surface area contributed by atoms with Crippen LogP contribution in [0.2, 0.25) is 0 Å². The van der Waals surface area contributed by atoms with Gasteiger partial charge in [0.15, 0.2) is 11.5 Å². The molecule has 0 spiro atoms. The van der Waals surface area contributed by atoms with Crippen molar-refractivity contribution >= 4 is 17.6 Å². The Labute approximate surface area is 143 Å². The lowest BCUT2D eigenvalue weighted by atomic mass is 10.1. The maximum atomic E-state index is 12.9. The van der Waals surface area contributed by atoms with E-state index < -0.39 is 17.9 Å². The molecule has 1 atom stereocenters. The lowest BCUT2D eigenvalue weighted by Crippen LogP contribution is -2.43. The fourth-order valence-corrected chi connectivity index (χ4v) is 3.07. The van der Waals surface area contributed by atoms with Crippen molar-refractivity contribution in [3.8, 4) is 11.3 Å². The van der Waals surface area contributed by atoms with Gasteiger partial charge in [-0.2, -0.15) is 0 Å². The second kappa shape index (κ2) is 5.90. The monoisotopic (exact) mass is 334 g/mol. The smallest absolute Gasteiger partial charge is 0.327 e. The van der Waals surface area contributed by atoms with Crippen LogP contribution in [-0.2, 0) is 11.2 Å². The molecule has 0 radical (unpaired) electrons. The third-order valence-electron chi connectivity index (χ3n) is 4.27. The molecule has 124 valence electrons. The number of amides is 1. The van der Waals surface area contributed by atoms with Crippen molar-refractivity contribution in [1.82, 2.24) is 5.16 Å². The van der Waals surface area contributed by atoms with Gasteiger partial charge in [-0.25, -0.2) is 4.79 Å². The first-order valence-corrected chi connectivity index (χ1v) is 7.81. The van der Waals surface area contributed by atoms with Crippen LogP contribution in [0.15, 0.2) is 65.2 Å². The fourth-order valence-electron chi connectivity index (χ4n) is 3.07. The van der Waals surface area contributed by atoms with E-state index in [1.807, 2.05) is 42.5 Å². The Morgan fingerprint density at radius 2 is 1.80 bits per heavy atom. The minimum absolute atomic E-state index is 0.0850. The van der Waals surface area contributed by atoms with Gasteiger partial charge in [0.25, 0.3) is 5.91 Å². The Bertz CT molecular complexity index is 949. The third-order valence-corrected chi connectivity index (χ3v) is 4.27. The number of fused-ring (bicyclic) bond motifs is 1. The number of aliphatic carboxylic acids is 1. The van der Waals surface area contributed by atoms with Gasteiger partial charge < -0.3 is 9.63 Å². The number of para-hydroxylation sites is 1. The van der Waals surface area contributed by atoms with Gasteiger partial charge in [-0.3, -0.25) is 9.69 Å². The summed E-state index contributed by atoms with van der Waals surface area (Å²) in [5.74, 6) is -1.07. The number of carboxylic acid groups (broad SMARTS) is 1. The largest absolute Gasteiger partial charge is 0.480 e. The van der Waals surface area contributed by atoms with Crippen LogP contribution in [0.1, 0.15) is 16.1 Å². The number of hydrogen-bond donors (Lipinski definition) is 1. The highest BCUT2D eigenvalue weighted by molar-refractivity contribution is 6.10. The summed E-state index contributed by atoms with van der Waals surface area (Å²) >= 11 is 0. The number of benzene rings is 2. The number of hydrogen-bond acceptors (Lipinski definition) is 4. The zero-order valence-corrected chi connectivity index (χ0v) is 13.1. The van der Waals surface area contributed by atoms with Crippen LogP contribution in [0.25, 0.3) is 11.3 Å². The molecule has 6 nitrogen and oxygen atoms in total. The molecule has 2 aromatic carbocycles. The van der Waals surface area contributed by atoms with Crippen molar-refractivity contribution < 1.29 is 19.2 Å². The highest BCUT2D eigenvalue weighted by atomic mass is 16.5. The highest BCUT2D eigenvalue weighted by Gasteiger charge is 2.39. The van der Waals surface area contributed by atoms with Gasteiger partial charge in [-0.1, -0.05) is 53.7 Å². The quantitative estimate of drug-likeness (QED) is 0.796. The molecule has 0 bridgehead atoms. The van der Waals surface area contributed by atoms with Crippen molar-refractivity contribution in [2.45, 2.75) is 12.5 Å². The third kappa shape index (κ3) is 2.57. The van der Waals surface area contributed by atoms with Crippen molar-refractivity contribution in [2.24, 2.45) is 0 Å². The Kier molecular flexibility index (Phi) is 3.57. The number of anilines is 1. The minimum atomic E-state index is -1.05. The maximum Gasteiger partial charge on any atom is 0.327 e. The summed E-state index contributed by atoms with van der Waals surface area (Å²) in [7, 11) is 0. The van der Waals surface area contributed by atoms with Crippen LogP contribution >= 0.6 is 0 Å². The molecule has 0 aliphatic carbocycles. The SMILES string of the molecule is O=C(O)C1Cc2ccccc2N1C(=O)c1cc(-c2ccccc2)on1. The summed E-state index contributed by atoms with van der Waals surface area (Å²) in [6, 6.07) is 17.1. The lowest BCUT2D eigenvalue weighted by molar-refractivity contribution is -0.138. The van der Waals surface area contributed by atoms with Crippen LogP contribution in [0.4, 0.5) is 5.69 Å². The molecule has 0 saturated heterocycles. The molecule has 1 aromatic heterocycles. The summed E-state index contributed by atoms with van der Waals surface area (Å²) in [6.07, 6.45) is 0.278. The van der Waals surface area contributed by atoms with Crippen LogP contribution in [0.5, 0.6) is 0 Å². The predicted octanol–water partition coefficient (Wildman–Crippen LogP) is 3.00. The molecule has 6 heteroatoms. The molecule has 25 heavy (non-hydrogen) atoms. The van der Waals surface area contributed by atoms with E-state index in [1.54, 1.807) is 12.1 Å². The van der Waals surface area contributed by atoms with Gasteiger partial charge in [0.2, 0.25) is 0 Å². The first-order chi connectivity index (χ1) is 12.1. The number of carboxylic acids is 1. The Morgan fingerprint density at radius 3 is 2.56 bits per heavy atom. The standard InChI is InChI=1S/C19H14N2O4/c22-18(14-11-17(25-20-14)12-6-2-1-3-7-12)21-15-9-5-4-8-13(15)10-16(21)19(23)24/h1-9,11,16H,10H2,(H,23,24). The van der Waals surface area contributed by atoms with Crippen molar-refractivity contribution in [1.29, 1.82) is 0 Å². The zero-order valence-electron chi connectivity index (χ0n) is 13.1. The van der Waals surface area contributed by atoms with Crippen molar-refractivity contribution in [3.63, 3.8) is 0 Å². The number of carbonyl (C=O) groups is 2. The van der Waals surface area contributed by atoms with Gasteiger partial charge >= 0.3 is 5.97 Å². The highest BCUT2D eigenvalue weighted by Crippen LogP contribution is 2.33. The van der Waals surface area contributed by atoms with E-state index in [-0.39, 0.29) is 12.1 Å². The van der Waals surface area contributed by atoms with Crippen LogP contribution < -0.4 is 4.90 Å². The second-order valence-corrected chi connectivity index (χ2v) is 5.80. The molecule has 0 fully saturated rings. The summed E-state index contributed by atoms with van der Waals surface area (Å²) < 4.78 is 5.27. The molecule has 3 aromatic rings. The Balaban J connectivity index is 1.70. The first kappa shape index (κ1) is 15.1. The molecule has 2 heterocycles. The Hall–Kier alpha value is -3.41. The van der Waals surface area contributed by atoms with E-state index in [0.717, 1.165) is 11.1 Å². The predicted molar refractivity (Wildman–Crippen MR) is 90.3 cm³/mol. The van der Waals surface area contributed by atoms with Crippen molar-refractivity contribution in [2.75, 3.05) is 4.90 Å². The van der Waals surface area contributed by atoms with Gasteiger partial charge in [0, 0.05) is 23.7 Å². The molecular weight excluding hydrogens is 320 g/mol.